The predicted molar refractivity (Wildman–Crippen MR) is 71.5 cm³/mol. The first kappa shape index (κ1) is 10.8. The number of nitrogens with one attached hydrogen (secondary N) is 1. The fourth-order valence-electron chi connectivity index (χ4n) is 3.34. The summed E-state index contributed by atoms with van der Waals surface area (Å²) >= 11 is 0. The van der Waals surface area contributed by atoms with E-state index in [1.54, 1.807) is 11.1 Å². The summed E-state index contributed by atoms with van der Waals surface area (Å²) in [5.41, 5.74) is 5.89. The standard InChI is InChI=1S/C15H20N2/c1-9(2)14-12-8-16-17-13(12)7-11-6-4-5-10(3)15(11)14/h7-10H,4-6H2,1-3H3,(H,16,17). The van der Waals surface area contributed by atoms with Gasteiger partial charge >= 0.3 is 0 Å². The Hall–Kier alpha value is -1.31. The molecule has 0 amide bonds. The predicted octanol–water partition coefficient (Wildman–Crippen LogP) is 4.13. The highest BCUT2D eigenvalue weighted by molar-refractivity contribution is 5.85. The molecule has 1 heterocycles. The van der Waals surface area contributed by atoms with Crippen molar-refractivity contribution < 1.29 is 0 Å². The van der Waals surface area contributed by atoms with Gasteiger partial charge < -0.3 is 0 Å². The van der Waals surface area contributed by atoms with Gasteiger partial charge in [0.15, 0.2) is 0 Å². The van der Waals surface area contributed by atoms with E-state index in [0.29, 0.717) is 11.8 Å². The van der Waals surface area contributed by atoms with E-state index in [1.807, 2.05) is 6.20 Å². The van der Waals surface area contributed by atoms with Crippen LogP contribution in [0.2, 0.25) is 0 Å². The van der Waals surface area contributed by atoms with Crippen LogP contribution in [0.4, 0.5) is 0 Å². The number of aromatic amines is 1. The second-order valence-corrected chi connectivity index (χ2v) is 5.64. The van der Waals surface area contributed by atoms with Crippen LogP contribution in [0, 0.1) is 0 Å². The van der Waals surface area contributed by atoms with Crippen molar-refractivity contribution in [3.8, 4) is 0 Å². The summed E-state index contributed by atoms with van der Waals surface area (Å²) < 4.78 is 0. The van der Waals surface area contributed by atoms with Crippen LogP contribution in [-0.2, 0) is 6.42 Å². The number of hydrogen-bond acceptors (Lipinski definition) is 1. The Morgan fingerprint density at radius 3 is 3.00 bits per heavy atom. The molecule has 17 heavy (non-hydrogen) atoms. The molecule has 2 nitrogen and oxygen atoms in total. The summed E-state index contributed by atoms with van der Waals surface area (Å²) in [5.74, 6) is 1.28. The third kappa shape index (κ3) is 1.58. The number of aromatic nitrogens is 2. The molecular formula is C15H20N2. The normalized spacial score (nSPS) is 19.9. The van der Waals surface area contributed by atoms with Gasteiger partial charge in [0.1, 0.15) is 0 Å². The minimum Gasteiger partial charge on any atom is -0.278 e. The highest BCUT2D eigenvalue weighted by atomic mass is 15.1. The first-order valence-electron chi connectivity index (χ1n) is 6.67. The van der Waals surface area contributed by atoms with Crippen LogP contribution < -0.4 is 0 Å². The Morgan fingerprint density at radius 1 is 1.41 bits per heavy atom. The van der Waals surface area contributed by atoms with Crippen LogP contribution in [0.1, 0.15) is 62.1 Å². The van der Waals surface area contributed by atoms with Crippen molar-refractivity contribution >= 4 is 10.9 Å². The monoisotopic (exact) mass is 228 g/mol. The summed E-state index contributed by atoms with van der Waals surface area (Å²) in [4.78, 5) is 0. The van der Waals surface area contributed by atoms with E-state index in [0.717, 1.165) is 0 Å². The number of H-pyrrole nitrogens is 1. The minimum atomic E-state index is 0.575. The van der Waals surface area contributed by atoms with Crippen molar-refractivity contribution in [1.82, 2.24) is 10.2 Å². The van der Waals surface area contributed by atoms with E-state index in [2.05, 4.69) is 37.0 Å². The zero-order chi connectivity index (χ0) is 12.0. The SMILES string of the molecule is CC(C)c1c2c(cc3[nH]ncc13)CCCC2C. The second-order valence-electron chi connectivity index (χ2n) is 5.64. The highest BCUT2D eigenvalue weighted by Gasteiger charge is 2.23. The Bertz CT molecular complexity index is 551. The smallest absolute Gasteiger partial charge is 0.0656 e. The van der Waals surface area contributed by atoms with Gasteiger partial charge in [0.25, 0.3) is 0 Å². The van der Waals surface area contributed by atoms with Gasteiger partial charge in [-0.25, -0.2) is 0 Å². The molecule has 3 rings (SSSR count). The molecule has 1 unspecified atom stereocenters. The van der Waals surface area contributed by atoms with Crippen LogP contribution in [0.3, 0.4) is 0 Å². The average molecular weight is 228 g/mol. The van der Waals surface area contributed by atoms with E-state index in [4.69, 9.17) is 0 Å². The lowest BCUT2D eigenvalue weighted by molar-refractivity contribution is 0.582. The van der Waals surface area contributed by atoms with Crippen LogP contribution in [-0.4, -0.2) is 10.2 Å². The van der Waals surface area contributed by atoms with Gasteiger partial charge in [0, 0.05) is 5.39 Å². The van der Waals surface area contributed by atoms with E-state index < -0.39 is 0 Å². The maximum Gasteiger partial charge on any atom is 0.0656 e. The van der Waals surface area contributed by atoms with Gasteiger partial charge in [-0.05, 0) is 53.9 Å². The number of benzene rings is 1. The summed E-state index contributed by atoms with van der Waals surface area (Å²) in [6.45, 7) is 6.96. The fourth-order valence-corrected chi connectivity index (χ4v) is 3.34. The first-order valence-corrected chi connectivity index (χ1v) is 6.67. The molecule has 1 aliphatic rings. The molecule has 0 spiro atoms. The average Bonchev–Trinajstić information content (AvgIpc) is 2.73. The zero-order valence-corrected chi connectivity index (χ0v) is 10.9. The molecule has 0 fully saturated rings. The molecule has 0 aliphatic heterocycles. The third-order valence-electron chi connectivity index (χ3n) is 4.07. The Kier molecular flexibility index (Phi) is 2.46. The molecule has 0 saturated heterocycles. The van der Waals surface area contributed by atoms with Gasteiger partial charge in [-0.2, -0.15) is 5.10 Å². The Labute approximate surface area is 102 Å². The lowest BCUT2D eigenvalue weighted by atomic mass is 9.77. The molecule has 2 heteroatoms. The molecule has 1 aliphatic carbocycles. The quantitative estimate of drug-likeness (QED) is 0.781. The van der Waals surface area contributed by atoms with Crippen molar-refractivity contribution in [1.29, 1.82) is 0 Å². The minimum absolute atomic E-state index is 0.575. The van der Waals surface area contributed by atoms with E-state index in [-0.39, 0.29) is 0 Å². The summed E-state index contributed by atoms with van der Waals surface area (Å²) in [6.07, 6.45) is 5.88. The lowest BCUT2D eigenvalue weighted by Crippen LogP contribution is -2.11. The maximum atomic E-state index is 4.22. The van der Waals surface area contributed by atoms with Gasteiger partial charge in [-0.15, -0.1) is 0 Å². The fraction of sp³-hybridized carbons (Fsp3) is 0.533. The van der Waals surface area contributed by atoms with Gasteiger partial charge in [0.2, 0.25) is 0 Å². The summed E-state index contributed by atoms with van der Waals surface area (Å²) in [5, 5.41) is 8.67. The Morgan fingerprint density at radius 2 is 2.24 bits per heavy atom. The second kappa shape index (κ2) is 3.86. The van der Waals surface area contributed by atoms with Crippen molar-refractivity contribution in [3.05, 3.63) is 29.0 Å². The molecule has 0 radical (unpaired) electrons. The molecule has 0 bridgehead atoms. The number of rotatable bonds is 1. The van der Waals surface area contributed by atoms with Crippen molar-refractivity contribution in [3.63, 3.8) is 0 Å². The highest BCUT2D eigenvalue weighted by Crippen LogP contribution is 2.40. The van der Waals surface area contributed by atoms with Crippen molar-refractivity contribution in [2.75, 3.05) is 0 Å². The number of aryl methyl sites for hydroxylation is 1. The molecule has 1 atom stereocenters. The molecule has 90 valence electrons. The third-order valence-corrected chi connectivity index (χ3v) is 4.07. The van der Waals surface area contributed by atoms with E-state index >= 15 is 0 Å². The molecule has 1 aromatic carbocycles. The van der Waals surface area contributed by atoms with Gasteiger partial charge in [-0.3, -0.25) is 5.10 Å². The topological polar surface area (TPSA) is 28.7 Å². The zero-order valence-electron chi connectivity index (χ0n) is 10.9. The number of fused-ring (bicyclic) bond motifs is 2. The van der Waals surface area contributed by atoms with Crippen LogP contribution >= 0.6 is 0 Å². The summed E-state index contributed by atoms with van der Waals surface area (Å²) in [7, 11) is 0. The maximum absolute atomic E-state index is 4.22. The summed E-state index contributed by atoms with van der Waals surface area (Å²) in [6, 6.07) is 2.32. The molecule has 2 aromatic rings. The van der Waals surface area contributed by atoms with Gasteiger partial charge in [0.05, 0.1) is 11.7 Å². The lowest BCUT2D eigenvalue weighted by Gasteiger charge is -2.27. The van der Waals surface area contributed by atoms with Gasteiger partial charge in [-0.1, -0.05) is 20.8 Å². The molecule has 1 N–H and O–H groups in total. The molecule has 1 aromatic heterocycles. The van der Waals surface area contributed by atoms with Crippen LogP contribution in [0.5, 0.6) is 0 Å². The Balaban J connectivity index is 2.37. The first-order chi connectivity index (χ1) is 8.18. The number of nitrogens with zero attached hydrogens (tertiary/aromatic N) is 1. The molecule has 0 saturated carbocycles. The van der Waals surface area contributed by atoms with Crippen LogP contribution in [0.15, 0.2) is 12.3 Å². The largest absolute Gasteiger partial charge is 0.278 e. The van der Waals surface area contributed by atoms with E-state index in [9.17, 15) is 0 Å². The van der Waals surface area contributed by atoms with Crippen molar-refractivity contribution in [2.45, 2.75) is 51.9 Å². The van der Waals surface area contributed by atoms with Crippen LogP contribution in [0.25, 0.3) is 10.9 Å². The van der Waals surface area contributed by atoms with E-state index in [1.165, 1.54) is 35.7 Å². The number of hydrogen-bond donors (Lipinski definition) is 1. The molecular weight excluding hydrogens is 208 g/mol. The van der Waals surface area contributed by atoms with Crippen molar-refractivity contribution in [2.24, 2.45) is 0 Å².